The number of aryl methyl sites for hydroxylation is 2. The molecule has 0 unspecified atom stereocenters. The molecule has 1 aromatic heterocycles. The highest BCUT2D eigenvalue weighted by atomic mass is 35.5. The maximum absolute atomic E-state index is 11.0. The molecule has 0 N–H and O–H groups in total. The van der Waals surface area contributed by atoms with Gasteiger partial charge >= 0.3 is 0 Å². The summed E-state index contributed by atoms with van der Waals surface area (Å²) in [6, 6.07) is 4.83. The zero-order valence-electron chi connectivity index (χ0n) is 9.78. The zero-order chi connectivity index (χ0) is 13.3. The van der Waals surface area contributed by atoms with E-state index in [9.17, 15) is 4.79 Å². The first-order valence-electron chi connectivity index (χ1n) is 5.14. The van der Waals surface area contributed by atoms with Crippen LogP contribution in [0, 0.1) is 6.92 Å². The molecule has 0 amide bonds. The van der Waals surface area contributed by atoms with E-state index in [1.54, 1.807) is 32.2 Å². The largest absolute Gasteiger partial charge is 0.438 e. The average molecular weight is 285 g/mol. The Morgan fingerprint density at radius 1 is 1.28 bits per heavy atom. The lowest BCUT2D eigenvalue weighted by atomic mass is 10.3. The van der Waals surface area contributed by atoms with E-state index in [-0.39, 0.29) is 0 Å². The van der Waals surface area contributed by atoms with Crippen LogP contribution in [0.4, 0.5) is 0 Å². The molecule has 1 heterocycles. The smallest absolute Gasteiger partial charge is 0.228 e. The fourth-order valence-corrected chi connectivity index (χ4v) is 2.12. The molecule has 2 aromatic rings. The number of halogens is 2. The predicted molar refractivity (Wildman–Crippen MR) is 69.9 cm³/mol. The molecule has 0 aliphatic heterocycles. The summed E-state index contributed by atoms with van der Waals surface area (Å²) < 4.78 is 7.11. The minimum atomic E-state index is 0.362. The van der Waals surface area contributed by atoms with E-state index in [4.69, 9.17) is 27.9 Å². The van der Waals surface area contributed by atoms with Crippen molar-refractivity contribution in [3.63, 3.8) is 0 Å². The van der Waals surface area contributed by atoms with Gasteiger partial charge in [0.2, 0.25) is 5.88 Å². The van der Waals surface area contributed by atoms with Crippen molar-refractivity contribution >= 4 is 29.5 Å². The van der Waals surface area contributed by atoms with Crippen LogP contribution in [-0.4, -0.2) is 16.1 Å². The molecule has 0 radical (unpaired) electrons. The number of ether oxygens (including phenoxy) is 1. The number of nitrogens with zero attached hydrogens (tertiary/aromatic N) is 2. The molecule has 0 bridgehead atoms. The first-order chi connectivity index (χ1) is 8.51. The molecule has 0 aliphatic rings. The summed E-state index contributed by atoms with van der Waals surface area (Å²) in [5.41, 5.74) is 1.02. The summed E-state index contributed by atoms with van der Waals surface area (Å²) in [6.07, 6.45) is 0.712. The van der Waals surface area contributed by atoms with Crippen LogP contribution >= 0.6 is 23.2 Å². The third-order valence-electron chi connectivity index (χ3n) is 2.38. The van der Waals surface area contributed by atoms with Crippen LogP contribution in [0.2, 0.25) is 10.0 Å². The summed E-state index contributed by atoms with van der Waals surface area (Å²) in [6.45, 7) is 1.74. The van der Waals surface area contributed by atoms with Gasteiger partial charge < -0.3 is 4.74 Å². The van der Waals surface area contributed by atoms with E-state index in [2.05, 4.69) is 5.10 Å². The van der Waals surface area contributed by atoms with Crippen molar-refractivity contribution in [2.24, 2.45) is 7.05 Å². The molecule has 0 aliphatic carbocycles. The number of hydrogen-bond acceptors (Lipinski definition) is 3. The molecule has 0 spiro atoms. The van der Waals surface area contributed by atoms with E-state index < -0.39 is 0 Å². The molecular weight excluding hydrogens is 275 g/mol. The van der Waals surface area contributed by atoms with Crippen LogP contribution in [0.15, 0.2) is 18.2 Å². The Hall–Kier alpha value is -1.52. The average Bonchev–Trinajstić information content (AvgIpc) is 2.52. The fourth-order valence-electron chi connectivity index (χ4n) is 1.61. The van der Waals surface area contributed by atoms with E-state index in [0.29, 0.717) is 39.2 Å². The molecule has 0 saturated heterocycles. The summed E-state index contributed by atoms with van der Waals surface area (Å²) >= 11 is 11.8. The van der Waals surface area contributed by atoms with E-state index >= 15 is 0 Å². The monoisotopic (exact) mass is 284 g/mol. The topological polar surface area (TPSA) is 44.1 Å². The van der Waals surface area contributed by atoms with Crippen molar-refractivity contribution in [3.8, 4) is 11.6 Å². The Bertz CT molecular complexity index is 588. The number of hydrogen-bond donors (Lipinski definition) is 0. The molecule has 94 valence electrons. The van der Waals surface area contributed by atoms with E-state index in [0.717, 1.165) is 0 Å². The Morgan fingerprint density at radius 3 is 2.44 bits per heavy atom. The first kappa shape index (κ1) is 12.9. The highest BCUT2D eigenvalue weighted by Crippen LogP contribution is 2.30. The lowest BCUT2D eigenvalue weighted by molar-refractivity contribution is 0.112. The van der Waals surface area contributed by atoms with Gasteiger partial charge in [-0.15, -0.1) is 0 Å². The fraction of sp³-hybridized carbons (Fsp3) is 0.167. The molecule has 0 fully saturated rings. The highest BCUT2D eigenvalue weighted by molar-refractivity contribution is 6.34. The van der Waals surface area contributed by atoms with Crippen LogP contribution in [0.3, 0.4) is 0 Å². The van der Waals surface area contributed by atoms with Gasteiger partial charge in [0, 0.05) is 17.1 Å². The Morgan fingerprint density at radius 2 is 1.89 bits per heavy atom. The van der Waals surface area contributed by atoms with Crippen molar-refractivity contribution < 1.29 is 9.53 Å². The standard InChI is InChI=1S/C12H10Cl2N2O2/c1-7-11(6-17)12(16(2)15-7)18-10-4-8(13)3-9(14)5-10/h3-6H,1-2H3. The Labute approximate surface area is 114 Å². The van der Waals surface area contributed by atoms with Crippen LogP contribution < -0.4 is 4.74 Å². The third-order valence-corrected chi connectivity index (χ3v) is 2.82. The van der Waals surface area contributed by atoms with Crippen LogP contribution in [0.25, 0.3) is 0 Å². The van der Waals surface area contributed by atoms with Crippen LogP contribution in [0.5, 0.6) is 11.6 Å². The predicted octanol–water partition coefficient (Wildman–Crippen LogP) is 3.64. The molecule has 0 atom stereocenters. The molecule has 4 nitrogen and oxygen atoms in total. The van der Waals surface area contributed by atoms with Crippen molar-refractivity contribution in [1.29, 1.82) is 0 Å². The van der Waals surface area contributed by atoms with Crippen LogP contribution in [0.1, 0.15) is 16.1 Å². The first-order valence-corrected chi connectivity index (χ1v) is 5.89. The number of carbonyl (C=O) groups is 1. The van der Waals surface area contributed by atoms with E-state index in [1.165, 1.54) is 4.68 Å². The quantitative estimate of drug-likeness (QED) is 0.809. The summed E-state index contributed by atoms with van der Waals surface area (Å²) in [5.74, 6) is 0.819. The third kappa shape index (κ3) is 2.49. The Kier molecular flexibility index (Phi) is 3.59. The van der Waals surface area contributed by atoms with Gasteiger partial charge in [0.25, 0.3) is 0 Å². The van der Waals surface area contributed by atoms with Crippen molar-refractivity contribution in [1.82, 2.24) is 9.78 Å². The van der Waals surface area contributed by atoms with Crippen molar-refractivity contribution in [2.45, 2.75) is 6.92 Å². The zero-order valence-corrected chi connectivity index (χ0v) is 11.3. The van der Waals surface area contributed by atoms with Gasteiger partial charge in [-0.05, 0) is 25.1 Å². The van der Waals surface area contributed by atoms with Gasteiger partial charge in [-0.3, -0.25) is 4.79 Å². The summed E-state index contributed by atoms with van der Waals surface area (Å²) in [7, 11) is 1.70. The van der Waals surface area contributed by atoms with E-state index in [1.807, 2.05) is 0 Å². The highest BCUT2D eigenvalue weighted by Gasteiger charge is 2.15. The number of aromatic nitrogens is 2. The molecule has 6 heteroatoms. The Balaban J connectivity index is 2.42. The van der Waals surface area contributed by atoms with Gasteiger partial charge in [-0.1, -0.05) is 23.2 Å². The molecular formula is C12H10Cl2N2O2. The molecule has 0 saturated carbocycles. The molecule has 1 aromatic carbocycles. The minimum absolute atomic E-state index is 0.362. The lowest BCUT2D eigenvalue weighted by Crippen LogP contribution is -1.96. The normalized spacial score (nSPS) is 10.4. The van der Waals surface area contributed by atoms with Crippen molar-refractivity contribution in [3.05, 3.63) is 39.5 Å². The van der Waals surface area contributed by atoms with Crippen molar-refractivity contribution in [2.75, 3.05) is 0 Å². The summed E-state index contributed by atoms with van der Waals surface area (Å²) in [5, 5.41) is 5.04. The second-order valence-corrected chi connectivity index (χ2v) is 4.63. The van der Waals surface area contributed by atoms with Gasteiger partial charge in [-0.2, -0.15) is 5.10 Å². The van der Waals surface area contributed by atoms with Gasteiger partial charge in [0.1, 0.15) is 5.75 Å². The van der Waals surface area contributed by atoms with Gasteiger partial charge in [0.15, 0.2) is 6.29 Å². The lowest BCUT2D eigenvalue weighted by Gasteiger charge is -2.07. The molecule has 2 rings (SSSR count). The van der Waals surface area contributed by atoms with Gasteiger partial charge in [-0.25, -0.2) is 4.68 Å². The summed E-state index contributed by atoms with van der Waals surface area (Å²) in [4.78, 5) is 11.0. The second kappa shape index (κ2) is 5.00. The van der Waals surface area contributed by atoms with Gasteiger partial charge in [0.05, 0.1) is 11.3 Å². The second-order valence-electron chi connectivity index (χ2n) is 3.75. The minimum Gasteiger partial charge on any atom is -0.438 e. The number of aldehydes is 1. The molecule has 18 heavy (non-hydrogen) atoms. The maximum atomic E-state index is 11.0. The number of carbonyl (C=O) groups excluding carboxylic acids is 1. The SMILES string of the molecule is Cc1nn(C)c(Oc2cc(Cl)cc(Cl)c2)c1C=O. The maximum Gasteiger partial charge on any atom is 0.228 e. The number of rotatable bonds is 3. The van der Waals surface area contributed by atoms with Crippen LogP contribution in [-0.2, 0) is 7.05 Å². The number of benzene rings is 1.